The second kappa shape index (κ2) is 5.04. The Labute approximate surface area is 122 Å². The highest BCUT2D eigenvalue weighted by molar-refractivity contribution is 6.35. The summed E-state index contributed by atoms with van der Waals surface area (Å²) in [5.74, 6) is 0.0370. The van der Waals surface area contributed by atoms with Gasteiger partial charge in [-0.1, -0.05) is 11.6 Å². The highest BCUT2D eigenvalue weighted by atomic mass is 35.5. The van der Waals surface area contributed by atoms with Crippen molar-refractivity contribution < 1.29 is 4.79 Å². The third-order valence-electron chi connectivity index (χ3n) is 3.89. The molecule has 2 aromatic rings. The number of nitrogens with one attached hydrogen (secondary N) is 2. The summed E-state index contributed by atoms with van der Waals surface area (Å²) in [5.41, 5.74) is 1.12. The number of aromatic nitrogens is 1. The number of hydrogen-bond acceptors (Lipinski definition) is 3. The van der Waals surface area contributed by atoms with Gasteiger partial charge in [-0.15, -0.1) is 0 Å². The molecule has 5 heteroatoms. The fourth-order valence-electron chi connectivity index (χ4n) is 2.53. The number of carbonyl (C=O) groups excluding carboxylic acids is 1. The molecule has 4 nitrogen and oxygen atoms in total. The van der Waals surface area contributed by atoms with Gasteiger partial charge in [0.15, 0.2) is 0 Å². The summed E-state index contributed by atoms with van der Waals surface area (Å²) in [5, 5.41) is 7.70. The molecule has 0 radical (unpaired) electrons. The van der Waals surface area contributed by atoms with Crippen molar-refractivity contribution in [2.75, 3.05) is 18.4 Å². The number of fused-ring (bicyclic) bond motifs is 1. The van der Waals surface area contributed by atoms with Crippen LogP contribution in [0.15, 0.2) is 30.5 Å². The largest absolute Gasteiger partial charge is 0.325 e. The summed E-state index contributed by atoms with van der Waals surface area (Å²) < 4.78 is 0. The average Bonchev–Trinajstić information content (AvgIpc) is 2.90. The van der Waals surface area contributed by atoms with E-state index in [4.69, 9.17) is 11.6 Å². The molecule has 0 bridgehead atoms. The number of nitrogens with zero attached hydrogens (tertiary/aromatic N) is 1. The third-order valence-corrected chi connectivity index (χ3v) is 4.19. The SMILES string of the molecule is CC1(C(=O)Nc2ccc(Cl)c3ncccc23)CCNC1. The van der Waals surface area contributed by atoms with Crippen LogP contribution in [0.1, 0.15) is 13.3 Å². The zero-order valence-corrected chi connectivity index (χ0v) is 12.0. The summed E-state index contributed by atoms with van der Waals surface area (Å²) in [6, 6.07) is 7.35. The van der Waals surface area contributed by atoms with Crippen LogP contribution in [-0.4, -0.2) is 24.0 Å². The maximum absolute atomic E-state index is 12.5. The molecule has 1 aromatic carbocycles. The van der Waals surface area contributed by atoms with Crippen LogP contribution in [0.2, 0.25) is 5.02 Å². The van der Waals surface area contributed by atoms with Crippen molar-refractivity contribution in [2.45, 2.75) is 13.3 Å². The molecular formula is C15H16ClN3O. The Morgan fingerprint density at radius 2 is 2.30 bits per heavy atom. The van der Waals surface area contributed by atoms with Crippen LogP contribution in [0.5, 0.6) is 0 Å². The summed E-state index contributed by atoms with van der Waals surface area (Å²) in [6.07, 6.45) is 2.55. The van der Waals surface area contributed by atoms with Crippen molar-refractivity contribution in [3.63, 3.8) is 0 Å². The molecule has 2 heterocycles. The fraction of sp³-hybridized carbons (Fsp3) is 0.333. The lowest BCUT2D eigenvalue weighted by molar-refractivity contribution is -0.123. The Bertz CT molecular complexity index is 665. The Kier molecular flexibility index (Phi) is 3.36. The molecule has 1 amide bonds. The number of rotatable bonds is 2. The van der Waals surface area contributed by atoms with Gasteiger partial charge < -0.3 is 10.6 Å². The van der Waals surface area contributed by atoms with Crippen LogP contribution < -0.4 is 10.6 Å². The van der Waals surface area contributed by atoms with E-state index in [2.05, 4.69) is 15.6 Å². The van der Waals surface area contributed by atoms with Crippen LogP contribution in [0.25, 0.3) is 10.9 Å². The van der Waals surface area contributed by atoms with Gasteiger partial charge in [-0.3, -0.25) is 9.78 Å². The number of benzene rings is 1. The maximum Gasteiger partial charge on any atom is 0.231 e. The second-order valence-electron chi connectivity index (χ2n) is 5.44. The number of carbonyl (C=O) groups is 1. The molecule has 0 aliphatic carbocycles. The van der Waals surface area contributed by atoms with E-state index >= 15 is 0 Å². The maximum atomic E-state index is 12.5. The number of hydrogen-bond donors (Lipinski definition) is 2. The molecule has 1 aliphatic heterocycles. The summed E-state index contributed by atoms with van der Waals surface area (Å²) >= 11 is 6.13. The van der Waals surface area contributed by atoms with Gasteiger partial charge in [-0.05, 0) is 44.2 Å². The summed E-state index contributed by atoms with van der Waals surface area (Å²) in [4.78, 5) is 16.7. The molecule has 1 atom stereocenters. The van der Waals surface area contributed by atoms with Gasteiger partial charge in [0.1, 0.15) is 0 Å². The molecule has 1 fully saturated rings. The number of pyridine rings is 1. The summed E-state index contributed by atoms with van der Waals surface area (Å²) in [7, 11) is 0. The minimum Gasteiger partial charge on any atom is -0.325 e. The third kappa shape index (κ3) is 2.25. The van der Waals surface area contributed by atoms with Gasteiger partial charge >= 0.3 is 0 Å². The van der Waals surface area contributed by atoms with E-state index in [0.29, 0.717) is 17.1 Å². The minimum absolute atomic E-state index is 0.0370. The van der Waals surface area contributed by atoms with E-state index in [-0.39, 0.29) is 11.3 Å². The molecule has 104 valence electrons. The van der Waals surface area contributed by atoms with Gasteiger partial charge in [0.05, 0.1) is 21.6 Å². The standard InChI is InChI=1S/C15H16ClN3O/c1-15(6-8-17-9-15)14(20)19-12-5-4-11(16)13-10(12)3-2-7-18-13/h2-5,7,17H,6,8-9H2,1H3,(H,19,20). The Balaban J connectivity index is 1.95. The Morgan fingerprint density at radius 3 is 3.05 bits per heavy atom. The molecule has 1 aliphatic rings. The molecule has 1 aromatic heterocycles. The van der Waals surface area contributed by atoms with E-state index in [0.717, 1.165) is 24.0 Å². The predicted molar refractivity (Wildman–Crippen MR) is 81.0 cm³/mol. The minimum atomic E-state index is -0.353. The van der Waals surface area contributed by atoms with Crippen molar-refractivity contribution >= 4 is 34.1 Å². The lowest BCUT2D eigenvalue weighted by atomic mass is 9.88. The van der Waals surface area contributed by atoms with Gasteiger partial charge in [-0.25, -0.2) is 0 Å². The molecule has 1 saturated heterocycles. The first-order valence-corrected chi connectivity index (χ1v) is 7.03. The van der Waals surface area contributed by atoms with Crippen LogP contribution in [0.4, 0.5) is 5.69 Å². The molecule has 3 rings (SSSR count). The molecule has 1 unspecified atom stereocenters. The van der Waals surface area contributed by atoms with Crippen LogP contribution in [0.3, 0.4) is 0 Å². The van der Waals surface area contributed by atoms with Gasteiger partial charge in [0, 0.05) is 18.1 Å². The zero-order valence-electron chi connectivity index (χ0n) is 11.2. The normalized spacial score (nSPS) is 22.1. The molecule has 20 heavy (non-hydrogen) atoms. The van der Waals surface area contributed by atoms with Gasteiger partial charge in [0.25, 0.3) is 0 Å². The van der Waals surface area contributed by atoms with E-state index in [1.807, 2.05) is 25.1 Å². The molecular weight excluding hydrogens is 274 g/mol. The van der Waals surface area contributed by atoms with Crippen molar-refractivity contribution in [1.82, 2.24) is 10.3 Å². The fourth-order valence-corrected chi connectivity index (χ4v) is 2.74. The lowest BCUT2D eigenvalue weighted by Crippen LogP contribution is -2.35. The van der Waals surface area contributed by atoms with E-state index in [1.165, 1.54) is 0 Å². The Hall–Kier alpha value is -1.65. The number of amides is 1. The van der Waals surface area contributed by atoms with Crippen molar-refractivity contribution in [1.29, 1.82) is 0 Å². The Morgan fingerprint density at radius 1 is 1.45 bits per heavy atom. The zero-order chi connectivity index (χ0) is 14.2. The van der Waals surface area contributed by atoms with E-state index < -0.39 is 0 Å². The first-order chi connectivity index (χ1) is 9.60. The second-order valence-corrected chi connectivity index (χ2v) is 5.84. The lowest BCUT2D eigenvalue weighted by Gasteiger charge is -2.22. The molecule has 0 saturated carbocycles. The van der Waals surface area contributed by atoms with Gasteiger partial charge in [0.2, 0.25) is 5.91 Å². The van der Waals surface area contributed by atoms with Crippen LogP contribution in [-0.2, 0) is 4.79 Å². The van der Waals surface area contributed by atoms with Crippen molar-refractivity contribution in [3.05, 3.63) is 35.5 Å². The summed E-state index contributed by atoms with van der Waals surface area (Å²) in [6.45, 7) is 3.58. The highest BCUT2D eigenvalue weighted by Crippen LogP contribution is 2.31. The first kappa shape index (κ1) is 13.3. The van der Waals surface area contributed by atoms with Gasteiger partial charge in [-0.2, -0.15) is 0 Å². The molecule has 2 N–H and O–H groups in total. The topological polar surface area (TPSA) is 54.0 Å². The molecule has 0 spiro atoms. The quantitative estimate of drug-likeness (QED) is 0.894. The first-order valence-electron chi connectivity index (χ1n) is 6.66. The van der Waals surface area contributed by atoms with Crippen molar-refractivity contribution in [2.24, 2.45) is 5.41 Å². The van der Waals surface area contributed by atoms with Crippen LogP contribution in [0, 0.1) is 5.41 Å². The predicted octanol–water partition coefficient (Wildman–Crippen LogP) is 2.83. The highest BCUT2D eigenvalue weighted by Gasteiger charge is 2.36. The van der Waals surface area contributed by atoms with E-state index in [1.54, 1.807) is 12.3 Å². The number of anilines is 1. The van der Waals surface area contributed by atoms with Crippen LogP contribution >= 0.6 is 11.6 Å². The smallest absolute Gasteiger partial charge is 0.231 e. The van der Waals surface area contributed by atoms with E-state index in [9.17, 15) is 4.79 Å². The monoisotopic (exact) mass is 289 g/mol. The average molecular weight is 290 g/mol. The number of halogens is 1. The van der Waals surface area contributed by atoms with Crippen molar-refractivity contribution in [3.8, 4) is 0 Å².